The molecule has 6 nitrogen and oxygen atoms in total. The number of guanidine groups is 1. The SMILES string of the molecule is CC(C)CCCC(C)NC(N)=NCCN1C(=O)CCCC1=O.I. The van der Waals surface area contributed by atoms with E-state index in [2.05, 4.69) is 31.1 Å². The predicted octanol–water partition coefficient (Wildman–Crippen LogP) is 2.26. The highest BCUT2D eigenvalue weighted by atomic mass is 127. The van der Waals surface area contributed by atoms with E-state index in [9.17, 15) is 9.59 Å². The van der Waals surface area contributed by atoms with Crippen molar-refractivity contribution >= 4 is 41.8 Å². The molecule has 0 radical (unpaired) electrons. The number of hydrogen-bond acceptors (Lipinski definition) is 3. The van der Waals surface area contributed by atoms with Gasteiger partial charge in [-0.3, -0.25) is 19.5 Å². The maximum atomic E-state index is 11.6. The Morgan fingerprint density at radius 3 is 2.39 bits per heavy atom. The van der Waals surface area contributed by atoms with Crippen LogP contribution in [0, 0.1) is 5.92 Å². The normalized spacial score (nSPS) is 17.2. The van der Waals surface area contributed by atoms with Crippen molar-refractivity contribution in [1.82, 2.24) is 10.2 Å². The average molecular weight is 438 g/mol. The van der Waals surface area contributed by atoms with E-state index in [-0.39, 0.29) is 41.8 Å². The molecule has 23 heavy (non-hydrogen) atoms. The molecule has 0 saturated carbocycles. The number of rotatable bonds is 8. The highest BCUT2D eigenvalue weighted by Gasteiger charge is 2.24. The molecular weight excluding hydrogens is 407 g/mol. The molecule has 1 rings (SSSR count). The Labute approximate surface area is 156 Å². The average Bonchev–Trinajstić information content (AvgIpc) is 2.41. The van der Waals surface area contributed by atoms with E-state index in [1.807, 2.05) is 0 Å². The van der Waals surface area contributed by atoms with Gasteiger partial charge in [-0.1, -0.05) is 26.7 Å². The smallest absolute Gasteiger partial charge is 0.229 e. The van der Waals surface area contributed by atoms with Gasteiger partial charge in [0.05, 0.1) is 6.54 Å². The van der Waals surface area contributed by atoms with E-state index in [1.54, 1.807) is 0 Å². The van der Waals surface area contributed by atoms with Gasteiger partial charge >= 0.3 is 0 Å². The van der Waals surface area contributed by atoms with Crippen LogP contribution in [0.2, 0.25) is 0 Å². The molecule has 1 aliphatic rings. The number of halogens is 1. The molecule has 0 spiro atoms. The van der Waals surface area contributed by atoms with Crippen molar-refractivity contribution in [3.8, 4) is 0 Å². The Morgan fingerprint density at radius 2 is 1.83 bits per heavy atom. The molecule has 0 bridgehead atoms. The molecule has 1 fully saturated rings. The summed E-state index contributed by atoms with van der Waals surface area (Å²) in [5, 5.41) is 3.15. The molecule has 1 unspecified atom stereocenters. The molecule has 1 heterocycles. The van der Waals surface area contributed by atoms with Gasteiger partial charge < -0.3 is 11.1 Å². The van der Waals surface area contributed by atoms with Crippen LogP contribution in [-0.2, 0) is 9.59 Å². The lowest BCUT2D eigenvalue weighted by Crippen LogP contribution is -2.42. The van der Waals surface area contributed by atoms with Gasteiger partial charge in [-0.2, -0.15) is 0 Å². The van der Waals surface area contributed by atoms with Crippen LogP contribution in [0.1, 0.15) is 59.3 Å². The number of hydrogen-bond donors (Lipinski definition) is 2. The molecule has 1 aliphatic heterocycles. The zero-order chi connectivity index (χ0) is 16.5. The third-order valence-corrected chi connectivity index (χ3v) is 3.80. The maximum absolute atomic E-state index is 11.6. The van der Waals surface area contributed by atoms with Crippen molar-refractivity contribution in [2.45, 2.75) is 65.3 Å². The lowest BCUT2D eigenvalue weighted by Gasteiger charge is -2.24. The Bertz CT molecular complexity index is 397. The van der Waals surface area contributed by atoms with Crippen LogP contribution in [0.5, 0.6) is 0 Å². The predicted molar refractivity (Wildman–Crippen MR) is 104 cm³/mol. The van der Waals surface area contributed by atoms with Crippen molar-refractivity contribution in [1.29, 1.82) is 0 Å². The van der Waals surface area contributed by atoms with Crippen molar-refractivity contribution in [3.05, 3.63) is 0 Å². The number of nitrogens with one attached hydrogen (secondary N) is 1. The third kappa shape index (κ3) is 9.12. The number of piperidine rings is 1. The topological polar surface area (TPSA) is 87.8 Å². The summed E-state index contributed by atoms with van der Waals surface area (Å²) in [6.45, 7) is 7.20. The lowest BCUT2D eigenvalue weighted by molar-refractivity contribution is -0.147. The van der Waals surface area contributed by atoms with E-state index in [4.69, 9.17) is 5.73 Å². The summed E-state index contributed by atoms with van der Waals surface area (Å²) in [6.07, 6.45) is 5.00. The summed E-state index contributed by atoms with van der Waals surface area (Å²) in [4.78, 5) is 28.8. The number of aliphatic imine (C=N–C) groups is 1. The van der Waals surface area contributed by atoms with Crippen LogP contribution in [0.15, 0.2) is 4.99 Å². The molecule has 134 valence electrons. The van der Waals surface area contributed by atoms with Gasteiger partial charge in [-0.15, -0.1) is 24.0 Å². The van der Waals surface area contributed by atoms with E-state index in [1.165, 1.54) is 11.3 Å². The van der Waals surface area contributed by atoms with Crippen molar-refractivity contribution < 1.29 is 9.59 Å². The first-order valence-corrected chi connectivity index (χ1v) is 8.29. The monoisotopic (exact) mass is 438 g/mol. The summed E-state index contributed by atoms with van der Waals surface area (Å²) >= 11 is 0. The van der Waals surface area contributed by atoms with Gasteiger partial charge in [-0.05, 0) is 25.7 Å². The van der Waals surface area contributed by atoms with E-state index >= 15 is 0 Å². The minimum absolute atomic E-state index is 0. The van der Waals surface area contributed by atoms with E-state index < -0.39 is 0 Å². The second-order valence-electron chi connectivity index (χ2n) is 6.43. The van der Waals surface area contributed by atoms with Crippen molar-refractivity contribution in [2.75, 3.05) is 13.1 Å². The fourth-order valence-electron chi connectivity index (χ4n) is 2.52. The molecule has 0 aromatic heterocycles. The molecule has 0 aliphatic carbocycles. The Kier molecular flexibility index (Phi) is 11.2. The highest BCUT2D eigenvalue weighted by molar-refractivity contribution is 14.0. The van der Waals surface area contributed by atoms with Gasteiger partial charge in [0, 0.05) is 25.4 Å². The molecule has 3 N–H and O–H groups in total. The summed E-state index contributed by atoms with van der Waals surface area (Å²) in [6, 6.07) is 0.278. The van der Waals surface area contributed by atoms with Crippen LogP contribution >= 0.6 is 24.0 Å². The summed E-state index contributed by atoms with van der Waals surface area (Å²) in [7, 11) is 0. The summed E-state index contributed by atoms with van der Waals surface area (Å²) in [5.74, 6) is 0.909. The zero-order valence-electron chi connectivity index (χ0n) is 14.5. The molecular formula is C16H31IN4O2. The number of imide groups is 1. The van der Waals surface area contributed by atoms with Gasteiger partial charge in [0.1, 0.15) is 0 Å². The van der Waals surface area contributed by atoms with E-state index in [0.717, 1.165) is 18.8 Å². The quantitative estimate of drug-likeness (QED) is 0.264. The minimum atomic E-state index is -0.0972. The Morgan fingerprint density at radius 1 is 1.22 bits per heavy atom. The van der Waals surface area contributed by atoms with Gasteiger partial charge in [0.15, 0.2) is 5.96 Å². The fourth-order valence-corrected chi connectivity index (χ4v) is 2.52. The van der Waals surface area contributed by atoms with E-state index in [0.29, 0.717) is 38.3 Å². The Hall–Kier alpha value is -0.860. The van der Waals surface area contributed by atoms with Crippen LogP contribution in [-0.4, -0.2) is 41.8 Å². The molecule has 0 aromatic rings. The summed E-state index contributed by atoms with van der Waals surface area (Å²) < 4.78 is 0. The molecule has 2 amide bonds. The van der Waals surface area contributed by atoms with Crippen LogP contribution < -0.4 is 11.1 Å². The minimum Gasteiger partial charge on any atom is -0.370 e. The molecule has 7 heteroatoms. The number of nitrogens with zero attached hydrogens (tertiary/aromatic N) is 2. The first-order chi connectivity index (χ1) is 10.4. The second-order valence-corrected chi connectivity index (χ2v) is 6.43. The maximum Gasteiger partial charge on any atom is 0.229 e. The second kappa shape index (κ2) is 11.6. The standard InChI is InChI=1S/C16H30N4O2.HI/c1-12(2)6-4-7-13(3)19-16(17)18-10-11-20-14(21)8-5-9-15(20)22;/h12-13H,4-11H2,1-3H3,(H3,17,18,19);1H. The largest absolute Gasteiger partial charge is 0.370 e. The number of likely N-dealkylation sites (tertiary alicyclic amines) is 1. The Balaban J connectivity index is 0.00000484. The first kappa shape index (κ1) is 22.1. The first-order valence-electron chi connectivity index (χ1n) is 8.29. The number of carbonyl (C=O) groups excluding carboxylic acids is 2. The number of nitrogens with two attached hydrogens (primary N) is 1. The lowest BCUT2D eigenvalue weighted by atomic mass is 10.0. The molecule has 1 atom stereocenters. The summed E-state index contributed by atoms with van der Waals surface area (Å²) in [5.41, 5.74) is 5.84. The van der Waals surface area contributed by atoms with Gasteiger partial charge in [0.2, 0.25) is 11.8 Å². The fraction of sp³-hybridized carbons (Fsp3) is 0.812. The van der Waals surface area contributed by atoms with Gasteiger partial charge in [0.25, 0.3) is 0 Å². The van der Waals surface area contributed by atoms with Crippen molar-refractivity contribution in [3.63, 3.8) is 0 Å². The van der Waals surface area contributed by atoms with Crippen LogP contribution in [0.4, 0.5) is 0 Å². The molecule has 0 aromatic carbocycles. The van der Waals surface area contributed by atoms with Gasteiger partial charge in [-0.25, -0.2) is 0 Å². The number of amides is 2. The number of carbonyl (C=O) groups is 2. The molecule has 1 saturated heterocycles. The van der Waals surface area contributed by atoms with Crippen LogP contribution in [0.3, 0.4) is 0 Å². The zero-order valence-corrected chi connectivity index (χ0v) is 16.8. The van der Waals surface area contributed by atoms with Crippen LogP contribution in [0.25, 0.3) is 0 Å². The van der Waals surface area contributed by atoms with Crippen molar-refractivity contribution in [2.24, 2.45) is 16.6 Å². The third-order valence-electron chi connectivity index (χ3n) is 3.80. The highest BCUT2D eigenvalue weighted by Crippen LogP contribution is 2.11.